The van der Waals surface area contributed by atoms with Crippen LogP contribution in [-0.2, 0) is 19.3 Å². The first kappa shape index (κ1) is 19.5. The van der Waals surface area contributed by atoms with E-state index in [9.17, 15) is 14.4 Å². The number of rotatable bonds is 2. The third-order valence-corrected chi connectivity index (χ3v) is 8.12. The highest BCUT2D eigenvalue weighted by atomic mass is 35.5. The summed E-state index contributed by atoms with van der Waals surface area (Å²) < 4.78 is 0. The molecule has 1 heterocycles. The molecular formula is C25H16Cl2N2O3. The minimum Gasteiger partial charge on any atom is -0.272 e. The number of imide groups is 1. The molecule has 158 valence electrons. The van der Waals surface area contributed by atoms with Crippen LogP contribution in [-0.4, -0.2) is 22.7 Å². The zero-order valence-electron chi connectivity index (χ0n) is 16.6. The van der Waals surface area contributed by atoms with E-state index >= 15 is 0 Å². The number of hydrazine groups is 1. The van der Waals surface area contributed by atoms with E-state index in [4.69, 9.17) is 23.2 Å². The van der Waals surface area contributed by atoms with Gasteiger partial charge in [0.1, 0.15) is 9.75 Å². The molecule has 0 saturated carbocycles. The van der Waals surface area contributed by atoms with Crippen molar-refractivity contribution in [1.29, 1.82) is 0 Å². The summed E-state index contributed by atoms with van der Waals surface area (Å²) in [4.78, 5) is 37.5. The second-order valence-electron chi connectivity index (χ2n) is 8.29. The number of alkyl halides is 2. The lowest BCUT2D eigenvalue weighted by molar-refractivity contribution is -0.142. The van der Waals surface area contributed by atoms with Gasteiger partial charge in [-0.15, -0.1) is 23.2 Å². The molecule has 1 saturated heterocycles. The average Bonchev–Trinajstić information content (AvgIpc) is 3.09. The van der Waals surface area contributed by atoms with Gasteiger partial charge >= 0.3 is 0 Å². The summed E-state index contributed by atoms with van der Waals surface area (Å²) in [5.74, 6) is -3.58. The standard InChI is InChI=1S/C25H16Cl2N2O3/c26-24-15-10-4-5-11-16(15)25(27,18-13-7-6-12-17(18)24)20-19(24)22(31)29(23(20)32)28-21(30)14-8-2-1-3-9-14/h1-13,19-20H,(H,28,30)/t19-,20-,24?,25?/m0/s1. The maximum Gasteiger partial charge on any atom is 0.270 e. The van der Waals surface area contributed by atoms with Crippen molar-refractivity contribution < 1.29 is 14.4 Å². The lowest BCUT2D eigenvalue weighted by Gasteiger charge is -2.54. The number of hydrogen-bond donors (Lipinski definition) is 1. The van der Waals surface area contributed by atoms with Crippen LogP contribution in [0.3, 0.4) is 0 Å². The molecule has 3 aromatic carbocycles. The van der Waals surface area contributed by atoms with Crippen LogP contribution >= 0.6 is 23.2 Å². The Bertz CT molecular complexity index is 1200. The van der Waals surface area contributed by atoms with E-state index in [1.165, 1.54) is 0 Å². The van der Waals surface area contributed by atoms with Gasteiger partial charge in [0.15, 0.2) is 0 Å². The molecular weight excluding hydrogens is 447 g/mol. The number of nitrogens with one attached hydrogen (secondary N) is 1. The van der Waals surface area contributed by atoms with Crippen molar-refractivity contribution in [2.24, 2.45) is 11.8 Å². The van der Waals surface area contributed by atoms with E-state index in [0.29, 0.717) is 27.8 Å². The van der Waals surface area contributed by atoms with Gasteiger partial charge in [-0.2, -0.15) is 5.01 Å². The minimum atomic E-state index is -1.27. The van der Waals surface area contributed by atoms with Crippen molar-refractivity contribution in [3.63, 3.8) is 0 Å². The number of amides is 3. The molecule has 2 bridgehead atoms. The summed E-state index contributed by atoms with van der Waals surface area (Å²) in [5, 5.41) is 0.802. The molecule has 3 aromatic rings. The molecule has 1 N–H and O–H groups in total. The normalized spacial score (nSPS) is 29.4. The number of carbonyl (C=O) groups is 3. The Hall–Kier alpha value is -3.15. The SMILES string of the molecule is O=C(NN1C(=O)[C@@H]2[C@@H](C1=O)C1(Cl)c3ccccc3C2(Cl)c2ccccc21)c1ccccc1. The van der Waals surface area contributed by atoms with E-state index in [1.807, 2.05) is 48.5 Å². The predicted octanol–water partition coefficient (Wildman–Crippen LogP) is 3.92. The minimum absolute atomic E-state index is 0.332. The molecule has 1 aliphatic heterocycles. The zero-order valence-corrected chi connectivity index (χ0v) is 18.1. The van der Waals surface area contributed by atoms with E-state index in [0.717, 1.165) is 5.01 Å². The highest BCUT2D eigenvalue weighted by Gasteiger charge is 2.73. The maximum absolute atomic E-state index is 13.6. The zero-order chi connectivity index (χ0) is 22.3. The quantitative estimate of drug-likeness (QED) is 0.463. The van der Waals surface area contributed by atoms with E-state index in [1.54, 1.807) is 30.3 Å². The Morgan fingerprint density at radius 2 is 1.06 bits per heavy atom. The average molecular weight is 463 g/mol. The van der Waals surface area contributed by atoms with Crippen LogP contribution in [0.4, 0.5) is 0 Å². The Morgan fingerprint density at radius 1 is 0.688 bits per heavy atom. The Kier molecular flexibility index (Phi) is 3.93. The Balaban J connectivity index is 1.52. The van der Waals surface area contributed by atoms with Crippen molar-refractivity contribution in [3.8, 4) is 0 Å². The van der Waals surface area contributed by atoms with Crippen LogP contribution in [0.5, 0.6) is 0 Å². The van der Waals surface area contributed by atoms with Crippen LogP contribution in [0.1, 0.15) is 32.6 Å². The van der Waals surface area contributed by atoms with Gasteiger partial charge in [0.05, 0.1) is 11.8 Å². The Morgan fingerprint density at radius 3 is 1.47 bits per heavy atom. The molecule has 4 aliphatic rings. The summed E-state index contributed by atoms with van der Waals surface area (Å²) >= 11 is 14.7. The topological polar surface area (TPSA) is 66.5 Å². The van der Waals surface area contributed by atoms with Gasteiger partial charge in [0.2, 0.25) is 0 Å². The highest BCUT2D eigenvalue weighted by molar-refractivity contribution is 6.36. The van der Waals surface area contributed by atoms with Gasteiger partial charge in [0.25, 0.3) is 17.7 Å². The maximum atomic E-state index is 13.6. The number of hydrogen-bond acceptors (Lipinski definition) is 3. The summed E-state index contributed by atoms with van der Waals surface area (Å²) in [6.45, 7) is 0. The van der Waals surface area contributed by atoms with Gasteiger partial charge in [-0.05, 0) is 34.4 Å². The number of halogens is 2. The molecule has 7 rings (SSSR count). The van der Waals surface area contributed by atoms with Crippen molar-refractivity contribution >= 4 is 40.9 Å². The number of carbonyl (C=O) groups excluding carboxylic acids is 3. The van der Waals surface area contributed by atoms with Crippen LogP contribution in [0.25, 0.3) is 0 Å². The van der Waals surface area contributed by atoms with Crippen LogP contribution in [0.15, 0.2) is 78.9 Å². The Labute approximate surface area is 193 Å². The molecule has 3 aliphatic carbocycles. The molecule has 2 atom stereocenters. The molecule has 1 fully saturated rings. The first-order chi connectivity index (χ1) is 15.4. The molecule has 0 aromatic heterocycles. The monoisotopic (exact) mass is 462 g/mol. The fourth-order valence-electron chi connectivity index (χ4n) is 5.53. The van der Waals surface area contributed by atoms with Crippen molar-refractivity contribution in [3.05, 3.63) is 107 Å². The smallest absolute Gasteiger partial charge is 0.270 e. The van der Waals surface area contributed by atoms with E-state index in [-0.39, 0.29) is 0 Å². The van der Waals surface area contributed by atoms with Crippen LogP contribution < -0.4 is 5.43 Å². The molecule has 5 nitrogen and oxygen atoms in total. The summed E-state index contributed by atoms with van der Waals surface area (Å²) in [7, 11) is 0. The van der Waals surface area contributed by atoms with Crippen LogP contribution in [0, 0.1) is 11.8 Å². The largest absolute Gasteiger partial charge is 0.272 e. The van der Waals surface area contributed by atoms with Crippen LogP contribution in [0.2, 0.25) is 0 Å². The number of benzene rings is 3. The molecule has 7 heteroatoms. The first-order valence-electron chi connectivity index (χ1n) is 10.2. The highest BCUT2D eigenvalue weighted by Crippen LogP contribution is 2.69. The molecule has 0 spiro atoms. The van der Waals surface area contributed by atoms with E-state index in [2.05, 4.69) is 5.43 Å². The molecule has 0 radical (unpaired) electrons. The third-order valence-electron chi connectivity index (χ3n) is 6.83. The lowest BCUT2D eigenvalue weighted by Crippen LogP contribution is -2.57. The van der Waals surface area contributed by atoms with Crippen molar-refractivity contribution in [2.45, 2.75) is 9.75 Å². The fraction of sp³-hybridized carbons (Fsp3) is 0.160. The van der Waals surface area contributed by atoms with Gasteiger partial charge in [-0.25, -0.2) is 0 Å². The number of nitrogens with zero attached hydrogens (tertiary/aromatic N) is 1. The van der Waals surface area contributed by atoms with Gasteiger partial charge < -0.3 is 0 Å². The predicted molar refractivity (Wildman–Crippen MR) is 119 cm³/mol. The molecule has 0 unspecified atom stereocenters. The second kappa shape index (κ2) is 6.44. The third kappa shape index (κ3) is 2.17. The fourth-order valence-corrected chi connectivity index (χ4v) is 6.63. The van der Waals surface area contributed by atoms with Gasteiger partial charge in [-0.3, -0.25) is 19.8 Å². The second-order valence-corrected chi connectivity index (χ2v) is 9.48. The van der Waals surface area contributed by atoms with E-state index < -0.39 is 39.3 Å². The first-order valence-corrected chi connectivity index (χ1v) is 11.0. The van der Waals surface area contributed by atoms with Gasteiger partial charge in [0, 0.05) is 5.56 Å². The molecule has 32 heavy (non-hydrogen) atoms. The lowest BCUT2D eigenvalue weighted by atomic mass is 9.54. The van der Waals surface area contributed by atoms with Crippen molar-refractivity contribution in [2.75, 3.05) is 0 Å². The summed E-state index contributed by atoms with van der Waals surface area (Å²) in [5.41, 5.74) is 5.68. The van der Waals surface area contributed by atoms with Gasteiger partial charge in [-0.1, -0.05) is 66.7 Å². The van der Waals surface area contributed by atoms with Crippen molar-refractivity contribution in [1.82, 2.24) is 10.4 Å². The summed E-state index contributed by atoms with van der Waals surface area (Å²) in [6.07, 6.45) is 0. The molecule has 3 amide bonds. The summed E-state index contributed by atoms with van der Waals surface area (Å²) in [6, 6.07) is 23.2.